The van der Waals surface area contributed by atoms with Gasteiger partial charge in [-0.2, -0.15) is 13.7 Å². The highest BCUT2D eigenvalue weighted by atomic mass is 32.3. The third-order valence-corrected chi connectivity index (χ3v) is 0.786. The van der Waals surface area contributed by atoms with Crippen molar-refractivity contribution in [2.75, 3.05) is 6.61 Å². The summed E-state index contributed by atoms with van der Waals surface area (Å²) >= 11 is 0. The summed E-state index contributed by atoms with van der Waals surface area (Å²) in [5, 5.41) is 7.83. The number of hydrogen-bond donors (Lipinski definition) is 2. The van der Waals surface area contributed by atoms with Crippen molar-refractivity contribution < 1.29 is 22.0 Å². The molecule has 0 aromatic carbocycles. The first-order valence-corrected chi connectivity index (χ1v) is 4.68. The molecule has 0 amide bonds. The molecule has 0 aliphatic heterocycles. The molecule has 8 heteroatoms. The van der Waals surface area contributed by atoms with Gasteiger partial charge in [0.1, 0.15) is 14.6 Å². The van der Waals surface area contributed by atoms with E-state index in [-0.39, 0.29) is 8.81 Å². The summed E-state index contributed by atoms with van der Waals surface area (Å²) in [6, 6.07) is 0. The largest absolute Gasteiger partial charge is 0.394 e. The van der Waals surface area contributed by atoms with Gasteiger partial charge in [-0.1, -0.05) is 0 Å². The molecule has 0 spiro atoms. The second-order valence-corrected chi connectivity index (χ2v) is 2.71. The topological polar surface area (TPSA) is 108 Å². The number of nitrogens with zero attached hydrogens (tertiary/aromatic N) is 1. The van der Waals surface area contributed by atoms with E-state index in [1.54, 1.807) is 0 Å². The lowest BCUT2D eigenvalue weighted by molar-refractivity contribution is 0.381. The highest BCUT2D eigenvalue weighted by molar-refractivity contribution is 7.79. The van der Waals surface area contributed by atoms with Gasteiger partial charge in [-0.15, -0.1) is 0 Å². The molecular weight excluding hydrogens is 193 g/mol. The first kappa shape index (κ1) is 13.3. The SMILES string of the molecule is CCOPC#N.O=S(=O)(O)O. The Morgan fingerprint density at radius 3 is 2.09 bits per heavy atom. The minimum Gasteiger partial charge on any atom is -0.347 e. The standard InChI is InChI=1S/C3H6NOP.H2O4S/c1-2-5-6-3-4;1-5(2,3)4/h6H,2H2,1H3;(H2,1,2,3,4). The smallest absolute Gasteiger partial charge is 0.347 e. The Morgan fingerprint density at radius 1 is 1.64 bits per heavy atom. The van der Waals surface area contributed by atoms with Crippen LogP contribution in [0.4, 0.5) is 0 Å². The summed E-state index contributed by atoms with van der Waals surface area (Å²) in [4.78, 5) is 0. The third-order valence-electron chi connectivity index (χ3n) is 0.262. The summed E-state index contributed by atoms with van der Waals surface area (Å²) in [6.07, 6.45) is 0. The molecule has 11 heavy (non-hydrogen) atoms. The van der Waals surface area contributed by atoms with Crippen LogP contribution in [0.25, 0.3) is 0 Å². The Hall–Kier alpha value is -0.250. The van der Waals surface area contributed by atoms with E-state index >= 15 is 0 Å². The van der Waals surface area contributed by atoms with Crippen LogP contribution in [0.15, 0.2) is 0 Å². The Bertz CT molecular complexity index is 198. The monoisotopic (exact) mass is 201 g/mol. The molecule has 66 valence electrons. The van der Waals surface area contributed by atoms with Gasteiger partial charge in [0.15, 0.2) is 0 Å². The molecule has 0 saturated heterocycles. The molecule has 0 fully saturated rings. The second kappa shape index (κ2) is 7.85. The minimum atomic E-state index is -4.67. The van der Waals surface area contributed by atoms with E-state index in [4.69, 9.17) is 22.8 Å². The fraction of sp³-hybridized carbons (Fsp3) is 0.667. The van der Waals surface area contributed by atoms with Gasteiger partial charge in [-0.05, 0) is 6.92 Å². The molecule has 2 N–H and O–H groups in total. The van der Waals surface area contributed by atoms with Crippen LogP contribution >= 0.6 is 8.81 Å². The van der Waals surface area contributed by atoms with E-state index in [1.165, 1.54) is 0 Å². The van der Waals surface area contributed by atoms with Crippen LogP contribution in [0.3, 0.4) is 0 Å². The van der Waals surface area contributed by atoms with Gasteiger partial charge in [0.25, 0.3) is 0 Å². The van der Waals surface area contributed by atoms with Crippen molar-refractivity contribution in [2.24, 2.45) is 0 Å². The lowest BCUT2D eigenvalue weighted by atomic mass is 10.9. The molecule has 0 rings (SSSR count). The zero-order valence-electron chi connectivity index (χ0n) is 5.68. The first-order valence-electron chi connectivity index (χ1n) is 2.37. The van der Waals surface area contributed by atoms with Crippen LogP contribution in [0.1, 0.15) is 6.92 Å². The Morgan fingerprint density at radius 2 is 2.00 bits per heavy atom. The van der Waals surface area contributed by atoms with E-state index in [2.05, 4.69) is 4.52 Å². The zero-order chi connectivity index (χ0) is 9.33. The van der Waals surface area contributed by atoms with Crippen molar-refractivity contribution in [3.63, 3.8) is 0 Å². The predicted molar refractivity (Wildman–Crippen MR) is 39.7 cm³/mol. The quantitative estimate of drug-likeness (QED) is 0.381. The predicted octanol–water partition coefficient (Wildman–Crippen LogP) is 0.445. The number of nitriles is 1. The Balaban J connectivity index is 0. The fourth-order valence-electron chi connectivity index (χ4n) is 0.104. The second-order valence-electron chi connectivity index (χ2n) is 1.09. The molecule has 0 aliphatic carbocycles. The molecule has 0 saturated carbocycles. The molecule has 0 radical (unpaired) electrons. The minimum absolute atomic E-state index is 0.0204. The Labute approximate surface area is 66.6 Å². The van der Waals surface area contributed by atoms with Crippen molar-refractivity contribution in [1.82, 2.24) is 0 Å². The van der Waals surface area contributed by atoms with Crippen LogP contribution < -0.4 is 0 Å². The van der Waals surface area contributed by atoms with Gasteiger partial charge >= 0.3 is 10.4 Å². The van der Waals surface area contributed by atoms with Gasteiger partial charge in [-0.3, -0.25) is 9.11 Å². The summed E-state index contributed by atoms with van der Waals surface area (Å²) in [7, 11) is -4.65. The molecule has 0 bridgehead atoms. The average Bonchev–Trinajstić information content (AvgIpc) is 1.79. The van der Waals surface area contributed by atoms with E-state index in [0.29, 0.717) is 6.61 Å². The maximum absolute atomic E-state index is 8.74. The van der Waals surface area contributed by atoms with Crippen LogP contribution in [-0.2, 0) is 14.9 Å². The summed E-state index contributed by atoms with van der Waals surface area (Å²) in [5.74, 6) is 1.87. The van der Waals surface area contributed by atoms with Crippen molar-refractivity contribution >= 4 is 19.2 Å². The number of hydrogen-bond acceptors (Lipinski definition) is 4. The van der Waals surface area contributed by atoms with E-state index in [0.717, 1.165) is 0 Å². The lowest BCUT2D eigenvalue weighted by Crippen LogP contribution is -1.89. The lowest BCUT2D eigenvalue weighted by Gasteiger charge is -1.83. The molecule has 0 aliphatic rings. The zero-order valence-corrected chi connectivity index (χ0v) is 7.50. The molecule has 0 heterocycles. The van der Waals surface area contributed by atoms with Crippen LogP contribution in [0.5, 0.6) is 0 Å². The van der Waals surface area contributed by atoms with Crippen molar-refractivity contribution in [3.05, 3.63) is 0 Å². The van der Waals surface area contributed by atoms with Crippen LogP contribution in [0.2, 0.25) is 0 Å². The maximum Gasteiger partial charge on any atom is 0.394 e. The molecule has 1 unspecified atom stereocenters. The summed E-state index contributed by atoms with van der Waals surface area (Å²) in [6.45, 7) is 2.51. The van der Waals surface area contributed by atoms with Crippen molar-refractivity contribution in [2.45, 2.75) is 6.92 Å². The van der Waals surface area contributed by atoms with Gasteiger partial charge < -0.3 is 4.52 Å². The average molecular weight is 201 g/mol. The highest BCUT2D eigenvalue weighted by Crippen LogP contribution is 2.05. The van der Waals surface area contributed by atoms with E-state index < -0.39 is 10.4 Å². The molecule has 0 aromatic heterocycles. The van der Waals surface area contributed by atoms with E-state index in [9.17, 15) is 0 Å². The molecule has 0 aromatic rings. The molecule has 1 atom stereocenters. The van der Waals surface area contributed by atoms with Gasteiger partial charge in [0, 0.05) is 6.61 Å². The Kier molecular flexibility index (Phi) is 9.53. The highest BCUT2D eigenvalue weighted by Gasteiger charge is 1.84. The molecular formula is C3H8NO5PS. The van der Waals surface area contributed by atoms with Gasteiger partial charge in [-0.25, -0.2) is 0 Å². The molecule has 6 nitrogen and oxygen atoms in total. The summed E-state index contributed by atoms with van der Waals surface area (Å²) < 4.78 is 36.2. The third kappa shape index (κ3) is 77.4. The van der Waals surface area contributed by atoms with E-state index in [1.807, 2.05) is 12.7 Å². The summed E-state index contributed by atoms with van der Waals surface area (Å²) in [5.41, 5.74) is 0. The van der Waals surface area contributed by atoms with Crippen molar-refractivity contribution in [1.29, 1.82) is 5.26 Å². The fourth-order valence-corrected chi connectivity index (χ4v) is 0.313. The van der Waals surface area contributed by atoms with Gasteiger partial charge in [0.2, 0.25) is 0 Å². The van der Waals surface area contributed by atoms with Gasteiger partial charge in [0.05, 0.1) is 0 Å². The number of rotatable bonds is 2. The maximum atomic E-state index is 8.74. The van der Waals surface area contributed by atoms with Crippen LogP contribution in [-0.4, -0.2) is 24.1 Å². The first-order chi connectivity index (χ1) is 4.91. The van der Waals surface area contributed by atoms with Crippen molar-refractivity contribution in [3.8, 4) is 5.81 Å². The normalized spacial score (nSPS) is 10.4. The van der Waals surface area contributed by atoms with Crippen LogP contribution in [0, 0.1) is 11.1 Å².